The van der Waals surface area contributed by atoms with E-state index >= 15 is 0 Å². The van der Waals surface area contributed by atoms with Crippen LogP contribution in [0.25, 0.3) is 10.8 Å². The van der Waals surface area contributed by atoms with Gasteiger partial charge in [-0.3, -0.25) is 9.59 Å². The minimum Gasteiger partial charge on any atom is -0.496 e. The summed E-state index contributed by atoms with van der Waals surface area (Å²) in [6.07, 6.45) is 2.26. The SMILES string of the molecule is COc1ccc(C(C)=O)cc1CC(=O)Nc1ccc2c3c(cccc13)CC2. The molecule has 0 bridgehead atoms. The van der Waals surface area contributed by atoms with E-state index < -0.39 is 0 Å². The highest BCUT2D eigenvalue weighted by molar-refractivity contribution is 6.05. The zero-order valence-corrected chi connectivity index (χ0v) is 15.5. The molecule has 1 amide bonds. The number of ether oxygens (including phenoxy) is 1. The number of methoxy groups -OCH3 is 1. The van der Waals surface area contributed by atoms with E-state index in [1.54, 1.807) is 25.3 Å². The number of anilines is 1. The van der Waals surface area contributed by atoms with E-state index in [0.29, 0.717) is 16.9 Å². The molecule has 4 heteroatoms. The highest BCUT2D eigenvalue weighted by Gasteiger charge is 2.17. The number of benzene rings is 3. The highest BCUT2D eigenvalue weighted by Crippen LogP contribution is 2.35. The smallest absolute Gasteiger partial charge is 0.228 e. The largest absolute Gasteiger partial charge is 0.496 e. The molecule has 0 aromatic heterocycles. The van der Waals surface area contributed by atoms with Crippen LogP contribution >= 0.6 is 0 Å². The standard InChI is InChI=1S/C23H21NO3/c1-14(25)17-9-11-21(27-2)18(12-17)13-22(26)24-20-10-8-16-7-6-15-4-3-5-19(20)23(15)16/h3-5,8-12H,6-7,13H2,1-2H3,(H,24,26). The lowest BCUT2D eigenvalue weighted by Gasteiger charge is -2.13. The van der Waals surface area contributed by atoms with Gasteiger partial charge in [-0.1, -0.05) is 24.3 Å². The van der Waals surface area contributed by atoms with Crippen LogP contribution in [-0.4, -0.2) is 18.8 Å². The van der Waals surface area contributed by atoms with Gasteiger partial charge in [0, 0.05) is 22.2 Å². The molecule has 4 nitrogen and oxygen atoms in total. The van der Waals surface area contributed by atoms with Crippen molar-refractivity contribution >= 4 is 28.2 Å². The van der Waals surface area contributed by atoms with Gasteiger partial charge < -0.3 is 10.1 Å². The van der Waals surface area contributed by atoms with Crippen molar-refractivity contribution < 1.29 is 14.3 Å². The Balaban J connectivity index is 1.62. The zero-order chi connectivity index (χ0) is 19.0. The highest BCUT2D eigenvalue weighted by atomic mass is 16.5. The van der Waals surface area contributed by atoms with E-state index in [0.717, 1.165) is 23.9 Å². The summed E-state index contributed by atoms with van der Waals surface area (Å²) in [4.78, 5) is 24.4. The first kappa shape index (κ1) is 17.3. The average molecular weight is 359 g/mol. The first-order valence-electron chi connectivity index (χ1n) is 9.08. The molecule has 3 aromatic carbocycles. The first-order chi connectivity index (χ1) is 13.1. The molecule has 0 saturated heterocycles. The molecule has 27 heavy (non-hydrogen) atoms. The first-order valence-corrected chi connectivity index (χ1v) is 9.08. The number of rotatable bonds is 5. The summed E-state index contributed by atoms with van der Waals surface area (Å²) in [5.74, 6) is 0.440. The molecule has 0 atom stereocenters. The van der Waals surface area contributed by atoms with Gasteiger partial charge in [0.1, 0.15) is 5.75 Å². The average Bonchev–Trinajstić information content (AvgIpc) is 3.08. The molecule has 0 spiro atoms. The van der Waals surface area contributed by atoms with Gasteiger partial charge in [-0.2, -0.15) is 0 Å². The van der Waals surface area contributed by atoms with Gasteiger partial charge in [-0.05, 0) is 60.5 Å². The Morgan fingerprint density at radius 3 is 2.56 bits per heavy atom. The Kier molecular flexibility index (Phi) is 4.40. The topological polar surface area (TPSA) is 55.4 Å². The molecule has 0 unspecified atom stereocenters. The molecule has 1 aliphatic rings. The number of aryl methyl sites for hydroxylation is 2. The van der Waals surface area contributed by atoms with E-state index in [2.05, 4.69) is 23.5 Å². The molecule has 0 radical (unpaired) electrons. The fourth-order valence-electron chi connectivity index (χ4n) is 3.86. The van der Waals surface area contributed by atoms with Gasteiger partial charge in [0.2, 0.25) is 5.91 Å². The molecule has 1 aliphatic carbocycles. The number of amides is 1. The van der Waals surface area contributed by atoms with Crippen LogP contribution in [0.5, 0.6) is 5.75 Å². The van der Waals surface area contributed by atoms with Crippen LogP contribution in [0.3, 0.4) is 0 Å². The van der Waals surface area contributed by atoms with Crippen molar-refractivity contribution in [2.75, 3.05) is 12.4 Å². The number of carbonyl (C=O) groups is 2. The van der Waals surface area contributed by atoms with Crippen molar-refractivity contribution in [2.24, 2.45) is 0 Å². The number of carbonyl (C=O) groups excluding carboxylic acids is 2. The molecule has 1 N–H and O–H groups in total. The molecule has 0 fully saturated rings. The van der Waals surface area contributed by atoms with Crippen molar-refractivity contribution in [1.29, 1.82) is 0 Å². The molecule has 0 aliphatic heterocycles. The van der Waals surface area contributed by atoms with Crippen LogP contribution in [0.15, 0.2) is 48.5 Å². The van der Waals surface area contributed by atoms with Gasteiger partial charge in [0.05, 0.1) is 13.5 Å². The third kappa shape index (κ3) is 3.19. The van der Waals surface area contributed by atoms with E-state index in [-0.39, 0.29) is 18.1 Å². The monoisotopic (exact) mass is 359 g/mol. The summed E-state index contributed by atoms with van der Waals surface area (Å²) in [6, 6.07) is 15.5. The minimum atomic E-state index is -0.132. The molecule has 136 valence electrons. The van der Waals surface area contributed by atoms with Crippen molar-refractivity contribution in [2.45, 2.75) is 26.2 Å². The van der Waals surface area contributed by atoms with E-state index in [9.17, 15) is 9.59 Å². The third-order valence-electron chi connectivity index (χ3n) is 5.19. The maximum atomic E-state index is 12.7. The van der Waals surface area contributed by atoms with Crippen LogP contribution < -0.4 is 10.1 Å². The van der Waals surface area contributed by atoms with Crippen molar-refractivity contribution in [3.63, 3.8) is 0 Å². The summed E-state index contributed by atoms with van der Waals surface area (Å²) >= 11 is 0. The zero-order valence-electron chi connectivity index (χ0n) is 15.5. The van der Waals surface area contributed by atoms with Crippen LogP contribution in [0.4, 0.5) is 5.69 Å². The minimum absolute atomic E-state index is 0.0354. The maximum absolute atomic E-state index is 12.7. The van der Waals surface area contributed by atoms with E-state index in [1.807, 2.05) is 12.1 Å². The Morgan fingerprint density at radius 1 is 1.04 bits per heavy atom. The third-order valence-corrected chi connectivity index (χ3v) is 5.19. The number of Topliss-reactive ketones (excluding diaryl/α,β-unsaturated/α-hetero) is 1. The van der Waals surface area contributed by atoms with E-state index in [4.69, 9.17) is 4.74 Å². The van der Waals surface area contributed by atoms with Crippen molar-refractivity contribution in [3.05, 3.63) is 70.8 Å². The van der Waals surface area contributed by atoms with Crippen LogP contribution in [0, 0.1) is 0 Å². The molecular weight excluding hydrogens is 338 g/mol. The fourth-order valence-corrected chi connectivity index (χ4v) is 3.86. The Labute approximate surface area is 158 Å². The van der Waals surface area contributed by atoms with Crippen LogP contribution in [0.2, 0.25) is 0 Å². The molecular formula is C23H21NO3. The Bertz CT molecular complexity index is 1060. The van der Waals surface area contributed by atoms with Crippen LogP contribution in [-0.2, 0) is 24.1 Å². The lowest BCUT2D eigenvalue weighted by Crippen LogP contribution is -2.15. The predicted molar refractivity (Wildman–Crippen MR) is 107 cm³/mol. The van der Waals surface area contributed by atoms with Crippen molar-refractivity contribution in [1.82, 2.24) is 0 Å². The number of nitrogens with one attached hydrogen (secondary N) is 1. The molecule has 4 rings (SSSR count). The van der Waals surface area contributed by atoms with Crippen LogP contribution in [0.1, 0.15) is 34.0 Å². The summed E-state index contributed by atoms with van der Waals surface area (Å²) in [5.41, 5.74) is 4.78. The summed E-state index contributed by atoms with van der Waals surface area (Å²) < 4.78 is 5.35. The van der Waals surface area contributed by atoms with Gasteiger partial charge >= 0.3 is 0 Å². The lowest BCUT2D eigenvalue weighted by molar-refractivity contribution is -0.115. The van der Waals surface area contributed by atoms with Gasteiger partial charge in [-0.15, -0.1) is 0 Å². The van der Waals surface area contributed by atoms with Crippen molar-refractivity contribution in [3.8, 4) is 5.75 Å². The summed E-state index contributed by atoms with van der Waals surface area (Å²) in [5, 5.41) is 5.39. The second kappa shape index (κ2) is 6.88. The van der Waals surface area contributed by atoms with Gasteiger partial charge in [0.25, 0.3) is 0 Å². The summed E-state index contributed by atoms with van der Waals surface area (Å²) in [7, 11) is 1.56. The number of hydrogen-bond donors (Lipinski definition) is 1. The fraction of sp³-hybridized carbons (Fsp3) is 0.217. The Hall–Kier alpha value is -3.14. The molecule has 0 saturated carbocycles. The number of ketones is 1. The van der Waals surface area contributed by atoms with Gasteiger partial charge in [-0.25, -0.2) is 0 Å². The normalized spacial score (nSPS) is 12.2. The van der Waals surface area contributed by atoms with Gasteiger partial charge in [0.15, 0.2) is 5.78 Å². The van der Waals surface area contributed by atoms with E-state index in [1.165, 1.54) is 23.4 Å². The maximum Gasteiger partial charge on any atom is 0.228 e. The number of hydrogen-bond acceptors (Lipinski definition) is 3. The molecule has 0 heterocycles. The molecule has 3 aromatic rings. The second-order valence-corrected chi connectivity index (χ2v) is 6.92. The summed E-state index contributed by atoms with van der Waals surface area (Å²) in [6.45, 7) is 1.51. The predicted octanol–water partition coefficient (Wildman–Crippen LogP) is 4.33. The Morgan fingerprint density at radius 2 is 1.81 bits per heavy atom. The second-order valence-electron chi connectivity index (χ2n) is 6.92. The quantitative estimate of drug-likeness (QED) is 0.690. The lowest BCUT2D eigenvalue weighted by atomic mass is 10.0.